The van der Waals surface area contributed by atoms with E-state index >= 15 is 0 Å². The second-order valence-corrected chi connectivity index (χ2v) is 7.99. The van der Waals surface area contributed by atoms with Gasteiger partial charge in [0.1, 0.15) is 4.32 Å². The molecule has 26 heavy (non-hydrogen) atoms. The number of halogens is 1. The fraction of sp³-hybridized carbons (Fsp3) is 0.105. The smallest absolute Gasteiger partial charge is 0.266 e. The maximum absolute atomic E-state index is 13.2. The molecule has 2 aliphatic rings. The van der Waals surface area contributed by atoms with Gasteiger partial charge >= 0.3 is 0 Å². The number of hydrogen-bond donors (Lipinski definition) is 0. The lowest BCUT2D eigenvalue weighted by Gasteiger charge is -2.18. The van der Waals surface area contributed by atoms with Crippen LogP contribution >= 0.6 is 35.6 Å². The monoisotopic (exact) mass is 400 g/mol. The number of nitrogens with zero attached hydrogens (tertiary/aromatic N) is 2. The van der Waals surface area contributed by atoms with E-state index < -0.39 is 0 Å². The van der Waals surface area contributed by atoms with Crippen molar-refractivity contribution in [2.24, 2.45) is 0 Å². The van der Waals surface area contributed by atoms with Crippen molar-refractivity contribution in [3.8, 4) is 0 Å². The quantitative estimate of drug-likeness (QED) is 0.562. The first-order chi connectivity index (χ1) is 12.5. The van der Waals surface area contributed by atoms with Crippen LogP contribution in [0.3, 0.4) is 0 Å². The molecule has 2 aliphatic heterocycles. The topological polar surface area (TPSA) is 40.6 Å². The van der Waals surface area contributed by atoms with Gasteiger partial charge in [0, 0.05) is 17.6 Å². The van der Waals surface area contributed by atoms with E-state index in [0.717, 1.165) is 16.8 Å². The summed E-state index contributed by atoms with van der Waals surface area (Å²) < 4.78 is 0.451. The predicted molar refractivity (Wildman–Crippen MR) is 109 cm³/mol. The van der Waals surface area contributed by atoms with Crippen LogP contribution < -0.4 is 4.90 Å². The number of amides is 2. The molecule has 1 saturated heterocycles. The zero-order chi connectivity index (χ0) is 18.4. The standard InChI is InChI=1S/C19H13ClN2O2S2/c1-21-18(24)16(26-19(21)25)15-12-7-3-5-9-14(12)22(17(15)23)10-11-6-2-4-8-13(11)20/h2-9H,10H2,1H3/b16-15+. The van der Waals surface area contributed by atoms with Gasteiger partial charge in [-0.25, -0.2) is 0 Å². The van der Waals surface area contributed by atoms with Crippen LogP contribution in [0.4, 0.5) is 5.69 Å². The number of thioether (sulfide) groups is 1. The van der Waals surface area contributed by atoms with Gasteiger partial charge in [0.05, 0.1) is 22.7 Å². The molecule has 2 heterocycles. The van der Waals surface area contributed by atoms with Crippen LogP contribution in [0, 0.1) is 0 Å². The molecule has 4 nitrogen and oxygen atoms in total. The SMILES string of the molecule is CN1C(=O)/C(=C2\C(=O)N(Cc3ccccc3Cl)c3ccccc32)SC1=S. The molecule has 4 rings (SSSR count). The fourth-order valence-corrected chi connectivity index (χ4v) is 4.49. The van der Waals surface area contributed by atoms with Gasteiger partial charge in [0.15, 0.2) is 0 Å². The molecule has 2 amide bonds. The van der Waals surface area contributed by atoms with Crippen molar-refractivity contribution in [2.45, 2.75) is 6.54 Å². The van der Waals surface area contributed by atoms with Crippen molar-refractivity contribution >= 4 is 63.0 Å². The summed E-state index contributed by atoms with van der Waals surface area (Å²) in [6.07, 6.45) is 0. The zero-order valence-electron chi connectivity index (χ0n) is 13.7. The molecule has 2 aromatic rings. The third-order valence-electron chi connectivity index (χ3n) is 4.40. The zero-order valence-corrected chi connectivity index (χ0v) is 16.1. The Kier molecular flexibility index (Phi) is 4.34. The van der Waals surface area contributed by atoms with E-state index in [1.54, 1.807) is 18.0 Å². The van der Waals surface area contributed by atoms with Crippen molar-refractivity contribution in [1.82, 2.24) is 4.90 Å². The predicted octanol–water partition coefficient (Wildman–Crippen LogP) is 4.09. The minimum Gasteiger partial charge on any atom is -0.303 e. The van der Waals surface area contributed by atoms with Crippen molar-refractivity contribution in [3.05, 3.63) is 69.6 Å². The average Bonchev–Trinajstić information content (AvgIpc) is 3.05. The molecule has 0 radical (unpaired) electrons. The van der Waals surface area contributed by atoms with E-state index in [-0.39, 0.29) is 11.8 Å². The number of fused-ring (bicyclic) bond motifs is 1. The lowest BCUT2D eigenvalue weighted by molar-refractivity contribution is -0.121. The summed E-state index contributed by atoms with van der Waals surface area (Å²) in [7, 11) is 1.62. The number of rotatable bonds is 2. The summed E-state index contributed by atoms with van der Waals surface area (Å²) in [6.45, 7) is 0.339. The highest BCUT2D eigenvalue weighted by Gasteiger charge is 2.40. The highest BCUT2D eigenvalue weighted by molar-refractivity contribution is 8.26. The molecule has 0 saturated carbocycles. The summed E-state index contributed by atoms with van der Waals surface area (Å²) >= 11 is 12.7. The molecule has 0 aliphatic carbocycles. The number of benzene rings is 2. The van der Waals surface area contributed by atoms with E-state index in [2.05, 4.69) is 0 Å². The van der Waals surface area contributed by atoms with Gasteiger partial charge < -0.3 is 4.90 Å². The normalized spacial score (nSPS) is 19.5. The number of carbonyl (C=O) groups is 2. The van der Waals surface area contributed by atoms with Crippen LogP contribution in [0.1, 0.15) is 11.1 Å². The molecule has 2 aromatic carbocycles. The van der Waals surface area contributed by atoms with Gasteiger partial charge in [-0.1, -0.05) is 72.0 Å². The Bertz CT molecular complexity index is 1000. The highest BCUT2D eigenvalue weighted by Crippen LogP contribution is 2.44. The van der Waals surface area contributed by atoms with E-state index in [0.29, 0.717) is 26.4 Å². The van der Waals surface area contributed by atoms with Crippen molar-refractivity contribution in [3.63, 3.8) is 0 Å². The average molecular weight is 401 g/mol. The summed E-state index contributed by atoms with van der Waals surface area (Å²) in [6, 6.07) is 14.9. The lowest BCUT2D eigenvalue weighted by atomic mass is 10.1. The number of anilines is 1. The van der Waals surface area contributed by atoms with Gasteiger partial charge in [-0.3, -0.25) is 14.5 Å². The largest absolute Gasteiger partial charge is 0.303 e. The Balaban J connectivity index is 1.83. The van der Waals surface area contributed by atoms with Crippen LogP contribution in [0.5, 0.6) is 0 Å². The van der Waals surface area contributed by atoms with E-state index in [4.69, 9.17) is 23.8 Å². The summed E-state index contributed by atoms with van der Waals surface area (Å²) in [5.74, 6) is -0.446. The van der Waals surface area contributed by atoms with Gasteiger partial charge in [-0.15, -0.1) is 0 Å². The van der Waals surface area contributed by atoms with Gasteiger partial charge in [0.25, 0.3) is 11.8 Å². The summed E-state index contributed by atoms with van der Waals surface area (Å²) in [5, 5.41) is 0.603. The molecule has 0 spiro atoms. The summed E-state index contributed by atoms with van der Waals surface area (Å²) in [5.41, 5.74) is 2.78. The number of thiocarbonyl (C=S) groups is 1. The van der Waals surface area contributed by atoms with E-state index in [1.807, 2.05) is 42.5 Å². The Hall–Kier alpha value is -2.15. The Labute approximate surface area is 165 Å². The summed E-state index contributed by atoms with van der Waals surface area (Å²) in [4.78, 5) is 29.2. The van der Waals surface area contributed by atoms with Crippen LogP contribution in [0.2, 0.25) is 5.02 Å². The third kappa shape index (κ3) is 2.65. The molecule has 1 fully saturated rings. The van der Waals surface area contributed by atoms with Crippen LogP contribution in [-0.2, 0) is 16.1 Å². The lowest BCUT2D eigenvalue weighted by Crippen LogP contribution is -2.27. The van der Waals surface area contributed by atoms with Crippen LogP contribution in [-0.4, -0.2) is 28.1 Å². The first kappa shape index (κ1) is 17.3. The molecule has 130 valence electrons. The molecule has 0 atom stereocenters. The number of para-hydroxylation sites is 1. The van der Waals surface area contributed by atoms with E-state index in [1.165, 1.54) is 16.7 Å². The molecule has 0 unspecified atom stereocenters. The van der Waals surface area contributed by atoms with E-state index in [9.17, 15) is 9.59 Å². The van der Waals surface area contributed by atoms with Crippen LogP contribution in [0.25, 0.3) is 5.57 Å². The Morgan fingerprint density at radius 2 is 1.73 bits per heavy atom. The molecular formula is C19H13ClN2O2S2. The maximum Gasteiger partial charge on any atom is 0.266 e. The first-order valence-corrected chi connectivity index (χ1v) is 9.48. The van der Waals surface area contributed by atoms with Crippen LogP contribution in [0.15, 0.2) is 53.4 Å². The van der Waals surface area contributed by atoms with Crippen molar-refractivity contribution in [1.29, 1.82) is 0 Å². The second-order valence-electron chi connectivity index (χ2n) is 5.94. The molecule has 0 N–H and O–H groups in total. The number of hydrogen-bond acceptors (Lipinski definition) is 4. The van der Waals surface area contributed by atoms with Crippen molar-refractivity contribution < 1.29 is 9.59 Å². The third-order valence-corrected chi connectivity index (χ3v) is 6.32. The minimum atomic E-state index is -0.238. The van der Waals surface area contributed by atoms with Gasteiger partial charge in [-0.2, -0.15) is 0 Å². The molecule has 0 bridgehead atoms. The van der Waals surface area contributed by atoms with Gasteiger partial charge in [-0.05, 0) is 17.7 Å². The fourth-order valence-electron chi connectivity index (χ4n) is 3.05. The second kappa shape index (κ2) is 6.54. The van der Waals surface area contributed by atoms with Crippen molar-refractivity contribution in [2.75, 3.05) is 11.9 Å². The Morgan fingerprint density at radius 1 is 1.04 bits per heavy atom. The highest BCUT2D eigenvalue weighted by atomic mass is 35.5. The number of likely N-dealkylation sites (N-methyl/N-ethyl adjacent to an activating group) is 1. The molecular weight excluding hydrogens is 388 g/mol. The van der Waals surface area contributed by atoms with Gasteiger partial charge in [0.2, 0.25) is 0 Å². The molecule has 0 aromatic heterocycles. The molecule has 7 heteroatoms. The minimum absolute atomic E-state index is 0.208. The number of carbonyl (C=O) groups excluding carboxylic acids is 2. The first-order valence-electron chi connectivity index (χ1n) is 7.88. The maximum atomic E-state index is 13.2. The Morgan fingerprint density at radius 3 is 2.42 bits per heavy atom.